The summed E-state index contributed by atoms with van der Waals surface area (Å²) in [5.41, 5.74) is 1.92. The Morgan fingerprint density at radius 1 is 1.26 bits per heavy atom. The zero-order valence-electron chi connectivity index (χ0n) is 11.9. The molecule has 0 unspecified atom stereocenters. The first-order valence-corrected chi connectivity index (χ1v) is 7.64. The van der Waals surface area contributed by atoms with Crippen molar-refractivity contribution in [2.24, 2.45) is 5.41 Å². The minimum absolute atomic E-state index is 0.599. The Balaban J connectivity index is 1.44. The van der Waals surface area contributed by atoms with Gasteiger partial charge in [-0.15, -0.1) is 0 Å². The van der Waals surface area contributed by atoms with Crippen LogP contribution in [-0.2, 0) is 0 Å². The maximum Gasteiger partial charge on any atom is 0.0397 e. The number of nitrogens with one attached hydrogen (secondary N) is 1. The van der Waals surface area contributed by atoms with Crippen LogP contribution in [0.1, 0.15) is 39.0 Å². The molecule has 0 radical (unpaired) electrons. The molecule has 0 bridgehead atoms. The number of rotatable bonds is 4. The normalized spacial score (nSPS) is 23.1. The molecule has 1 aromatic heterocycles. The van der Waals surface area contributed by atoms with E-state index in [1.54, 1.807) is 0 Å². The molecule has 104 valence electrons. The molecule has 1 aliphatic carbocycles. The van der Waals surface area contributed by atoms with Crippen molar-refractivity contribution in [1.82, 2.24) is 10.3 Å². The standard InChI is InChI=1S/C16H25N3/c1-16(7-2-8-16)13-18-14-5-11-19(12-6-14)15-3-9-17-10-4-15/h3-4,9-10,14,18H,2,5-8,11-13H2,1H3. The van der Waals surface area contributed by atoms with Crippen molar-refractivity contribution in [3.05, 3.63) is 24.5 Å². The quantitative estimate of drug-likeness (QED) is 0.901. The van der Waals surface area contributed by atoms with Crippen molar-refractivity contribution in [2.45, 2.75) is 45.1 Å². The first-order valence-electron chi connectivity index (χ1n) is 7.64. The van der Waals surface area contributed by atoms with E-state index in [-0.39, 0.29) is 0 Å². The highest BCUT2D eigenvalue weighted by atomic mass is 15.1. The van der Waals surface area contributed by atoms with Gasteiger partial charge in [-0.05, 0) is 43.2 Å². The summed E-state index contributed by atoms with van der Waals surface area (Å²) in [6.45, 7) is 5.97. The molecule has 1 saturated heterocycles. The number of aromatic nitrogens is 1. The van der Waals surface area contributed by atoms with Gasteiger partial charge < -0.3 is 10.2 Å². The molecule has 0 atom stereocenters. The molecule has 1 N–H and O–H groups in total. The van der Waals surface area contributed by atoms with Crippen molar-refractivity contribution in [2.75, 3.05) is 24.5 Å². The van der Waals surface area contributed by atoms with Crippen LogP contribution in [0.3, 0.4) is 0 Å². The third-order valence-corrected chi connectivity index (χ3v) is 4.90. The van der Waals surface area contributed by atoms with Crippen molar-refractivity contribution < 1.29 is 0 Å². The van der Waals surface area contributed by atoms with Gasteiger partial charge in [-0.25, -0.2) is 0 Å². The Bertz CT molecular complexity index is 392. The average molecular weight is 259 g/mol. The number of piperidine rings is 1. The molecule has 2 fully saturated rings. The summed E-state index contributed by atoms with van der Waals surface area (Å²) in [6.07, 6.45) is 10.6. The molecule has 1 aliphatic heterocycles. The summed E-state index contributed by atoms with van der Waals surface area (Å²) < 4.78 is 0. The van der Waals surface area contributed by atoms with Crippen molar-refractivity contribution in [3.63, 3.8) is 0 Å². The summed E-state index contributed by atoms with van der Waals surface area (Å²) in [4.78, 5) is 6.57. The monoisotopic (exact) mass is 259 g/mol. The van der Waals surface area contributed by atoms with E-state index in [2.05, 4.69) is 34.3 Å². The van der Waals surface area contributed by atoms with Crippen LogP contribution in [0.5, 0.6) is 0 Å². The fourth-order valence-electron chi connectivity index (χ4n) is 3.24. The first kappa shape index (κ1) is 12.9. The highest BCUT2D eigenvalue weighted by Crippen LogP contribution is 2.39. The highest BCUT2D eigenvalue weighted by Gasteiger charge is 2.32. The molecule has 0 aromatic carbocycles. The molecule has 3 heteroatoms. The molecule has 0 amide bonds. The van der Waals surface area contributed by atoms with Crippen LogP contribution in [0.4, 0.5) is 5.69 Å². The zero-order valence-corrected chi connectivity index (χ0v) is 11.9. The van der Waals surface area contributed by atoms with Crippen molar-refractivity contribution >= 4 is 5.69 Å². The molecule has 3 nitrogen and oxygen atoms in total. The summed E-state index contributed by atoms with van der Waals surface area (Å²) >= 11 is 0. The van der Waals surface area contributed by atoms with E-state index in [4.69, 9.17) is 0 Å². The van der Waals surface area contributed by atoms with E-state index in [1.807, 2.05) is 12.4 Å². The van der Waals surface area contributed by atoms with Crippen LogP contribution in [0, 0.1) is 5.41 Å². The third-order valence-electron chi connectivity index (χ3n) is 4.90. The molecule has 19 heavy (non-hydrogen) atoms. The van der Waals surface area contributed by atoms with Gasteiger partial charge in [0.05, 0.1) is 0 Å². The maximum atomic E-state index is 4.09. The van der Waals surface area contributed by atoms with Gasteiger partial charge in [-0.3, -0.25) is 4.98 Å². The fourth-order valence-corrected chi connectivity index (χ4v) is 3.24. The van der Waals surface area contributed by atoms with Gasteiger partial charge in [0, 0.05) is 43.8 Å². The van der Waals surface area contributed by atoms with Crippen molar-refractivity contribution in [3.8, 4) is 0 Å². The second-order valence-electron chi connectivity index (χ2n) is 6.51. The average Bonchev–Trinajstić information content (AvgIpc) is 2.45. The number of pyridine rings is 1. The Hall–Kier alpha value is -1.09. The van der Waals surface area contributed by atoms with Gasteiger partial charge in [0.1, 0.15) is 0 Å². The van der Waals surface area contributed by atoms with Gasteiger partial charge in [0.15, 0.2) is 0 Å². The van der Waals surface area contributed by atoms with Crippen LogP contribution in [0.25, 0.3) is 0 Å². The summed E-state index contributed by atoms with van der Waals surface area (Å²) in [6, 6.07) is 4.95. The number of anilines is 1. The maximum absolute atomic E-state index is 4.09. The topological polar surface area (TPSA) is 28.2 Å². The lowest BCUT2D eigenvalue weighted by Gasteiger charge is -2.41. The van der Waals surface area contributed by atoms with E-state index in [9.17, 15) is 0 Å². The van der Waals surface area contributed by atoms with Gasteiger partial charge >= 0.3 is 0 Å². The van der Waals surface area contributed by atoms with E-state index < -0.39 is 0 Å². The number of hydrogen-bond donors (Lipinski definition) is 1. The Morgan fingerprint density at radius 2 is 1.95 bits per heavy atom. The van der Waals surface area contributed by atoms with E-state index in [0.29, 0.717) is 5.41 Å². The molecule has 1 saturated carbocycles. The van der Waals surface area contributed by atoms with Gasteiger partial charge in [-0.1, -0.05) is 13.3 Å². The van der Waals surface area contributed by atoms with Gasteiger partial charge in [-0.2, -0.15) is 0 Å². The molecular weight excluding hydrogens is 234 g/mol. The van der Waals surface area contributed by atoms with Crippen LogP contribution >= 0.6 is 0 Å². The minimum atomic E-state index is 0.599. The second kappa shape index (κ2) is 5.49. The molecular formula is C16H25N3. The highest BCUT2D eigenvalue weighted by molar-refractivity contribution is 5.44. The molecule has 0 spiro atoms. The Kier molecular flexibility index (Phi) is 3.74. The van der Waals surface area contributed by atoms with E-state index in [0.717, 1.165) is 6.04 Å². The zero-order chi connectivity index (χ0) is 13.1. The summed E-state index contributed by atoms with van der Waals surface area (Å²) in [5, 5.41) is 3.80. The van der Waals surface area contributed by atoms with E-state index >= 15 is 0 Å². The van der Waals surface area contributed by atoms with E-state index in [1.165, 1.54) is 57.4 Å². The Labute approximate surface area is 116 Å². The first-order chi connectivity index (χ1) is 9.25. The van der Waals surface area contributed by atoms with Crippen molar-refractivity contribution in [1.29, 1.82) is 0 Å². The van der Waals surface area contributed by atoms with Crippen LogP contribution in [0.15, 0.2) is 24.5 Å². The predicted molar refractivity (Wildman–Crippen MR) is 79.4 cm³/mol. The van der Waals surface area contributed by atoms with Crippen LogP contribution in [-0.4, -0.2) is 30.7 Å². The lowest BCUT2D eigenvalue weighted by Crippen LogP contribution is -2.47. The summed E-state index contributed by atoms with van der Waals surface area (Å²) in [5.74, 6) is 0. The summed E-state index contributed by atoms with van der Waals surface area (Å²) in [7, 11) is 0. The van der Waals surface area contributed by atoms with Crippen LogP contribution in [0.2, 0.25) is 0 Å². The second-order valence-corrected chi connectivity index (χ2v) is 6.51. The largest absolute Gasteiger partial charge is 0.371 e. The predicted octanol–water partition coefficient (Wildman–Crippen LogP) is 2.83. The number of nitrogens with zero attached hydrogens (tertiary/aromatic N) is 2. The molecule has 1 aromatic rings. The van der Waals surface area contributed by atoms with Crippen LogP contribution < -0.4 is 10.2 Å². The Morgan fingerprint density at radius 3 is 2.53 bits per heavy atom. The molecule has 2 aliphatic rings. The SMILES string of the molecule is CC1(CNC2CCN(c3ccncc3)CC2)CCC1. The minimum Gasteiger partial charge on any atom is -0.371 e. The smallest absolute Gasteiger partial charge is 0.0397 e. The third kappa shape index (κ3) is 3.08. The number of hydrogen-bond acceptors (Lipinski definition) is 3. The van der Waals surface area contributed by atoms with Gasteiger partial charge in [0.2, 0.25) is 0 Å². The van der Waals surface area contributed by atoms with Gasteiger partial charge in [0.25, 0.3) is 0 Å². The fraction of sp³-hybridized carbons (Fsp3) is 0.688. The lowest BCUT2D eigenvalue weighted by molar-refractivity contribution is 0.148. The molecule has 2 heterocycles. The molecule has 3 rings (SSSR count). The lowest BCUT2D eigenvalue weighted by atomic mass is 9.70.